The Hall–Kier alpha value is -3.04. The zero-order valence-corrected chi connectivity index (χ0v) is 20.9. The van der Waals surface area contributed by atoms with Crippen LogP contribution in [0.1, 0.15) is 71.8 Å². The lowest BCUT2D eigenvalue weighted by Gasteiger charge is -2.41. The summed E-state index contributed by atoms with van der Waals surface area (Å²) in [6, 6.07) is 0.323. The molecule has 4 N–H and O–H groups in total. The molecule has 0 radical (unpaired) electrons. The first kappa shape index (κ1) is 27.2. The van der Waals surface area contributed by atoms with Gasteiger partial charge in [-0.15, -0.1) is 0 Å². The molecule has 0 bridgehead atoms. The van der Waals surface area contributed by atoms with Crippen molar-refractivity contribution in [2.45, 2.75) is 84.3 Å². The molecule has 2 rings (SSSR count). The monoisotopic (exact) mass is 479 g/mol. The zero-order valence-electron chi connectivity index (χ0n) is 20.9. The number of likely N-dealkylation sites (tertiary alicyclic amines) is 1. The molecule has 34 heavy (non-hydrogen) atoms. The van der Waals surface area contributed by atoms with Crippen LogP contribution in [0.3, 0.4) is 0 Å². The van der Waals surface area contributed by atoms with Crippen molar-refractivity contribution in [2.75, 3.05) is 13.1 Å². The van der Waals surface area contributed by atoms with E-state index in [-0.39, 0.29) is 44.0 Å². The topological polar surface area (TPSA) is 152 Å². The Morgan fingerprint density at radius 2 is 1.88 bits per heavy atom. The van der Waals surface area contributed by atoms with Crippen LogP contribution in [-0.4, -0.2) is 52.6 Å². The number of carbonyl (C=O) groups excluding carboxylic acids is 3. The number of ether oxygens (including phenoxy) is 1. The number of hydrogen-bond acceptors (Lipinski definition) is 7. The van der Waals surface area contributed by atoms with Crippen LogP contribution in [-0.2, 0) is 19.7 Å². The van der Waals surface area contributed by atoms with Crippen LogP contribution in [0.15, 0.2) is 15.3 Å². The highest BCUT2D eigenvalue weighted by Gasteiger charge is 2.45. The van der Waals surface area contributed by atoms with E-state index in [4.69, 9.17) is 14.9 Å². The molecule has 190 valence electrons. The Morgan fingerprint density at radius 1 is 1.29 bits per heavy atom. The summed E-state index contributed by atoms with van der Waals surface area (Å²) >= 11 is 0. The van der Waals surface area contributed by atoms with E-state index in [1.54, 1.807) is 27.7 Å². The number of nitrogens with one attached hydrogen (secondary N) is 1. The number of carbonyl (C=O) groups is 3. The summed E-state index contributed by atoms with van der Waals surface area (Å²) in [5.41, 5.74) is 3.16. The van der Waals surface area contributed by atoms with Gasteiger partial charge in [0.15, 0.2) is 5.76 Å². The number of nitrogens with zero attached hydrogens (tertiary/aromatic N) is 1. The minimum Gasteiger partial charge on any atom is -0.502 e. The van der Waals surface area contributed by atoms with Gasteiger partial charge in [-0.2, -0.15) is 0 Å². The molecular formula is C24H37N3O7. The van der Waals surface area contributed by atoms with Gasteiger partial charge in [0.25, 0.3) is 0 Å². The van der Waals surface area contributed by atoms with E-state index >= 15 is 0 Å². The Bertz CT molecular complexity index is 972. The van der Waals surface area contributed by atoms with E-state index in [0.29, 0.717) is 12.2 Å². The van der Waals surface area contributed by atoms with E-state index in [1.807, 2.05) is 13.8 Å². The summed E-state index contributed by atoms with van der Waals surface area (Å²) in [6.45, 7) is 11.1. The van der Waals surface area contributed by atoms with Crippen LogP contribution < -0.4 is 16.5 Å². The molecule has 0 aliphatic carbocycles. The van der Waals surface area contributed by atoms with Gasteiger partial charge in [0, 0.05) is 31.0 Å². The molecule has 2 atom stereocenters. The quantitative estimate of drug-likeness (QED) is 0.542. The number of nitrogens with two attached hydrogens (primary N) is 1. The molecular weight excluding hydrogens is 442 g/mol. The van der Waals surface area contributed by atoms with Crippen LogP contribution in [0.2, 0.25) is 0 Å². The molecule has 0 saturated carbocycles. The molecule has 10 heteroatoms. The molecule has 1 aromatic rings. The summed E-state index contributed by atoms with van der Waals surface area (Å²) in [5, 5.41) is 13.3. The number of aromatic hydroxyl groups is 1. The van der Waals surface area contributed by atoms with E-state index in [9.17, 15) is 24.3 Å². The maximum absolute atomic E-state index is 13.1. The Kier molecular flexibility index (Phi) is 8.39. The summed E-state index contributed by atoms with van der Waals surface area (Å²) in [4.78, 5) is 51.3. The smallest absolute Gasteiger partial charge is 0.410 e. The number of rotatable bonds is 7. The Balaban J connectivity index is 2.36. The zero-order chi connectivity index (χ0) is 25.8. The average molecular weight is 480 g/mol. The molecule has 0 aromatic carbocycles. The first-order valence-electron chi connectivity index (χ1n) is 11.6. The summed E-state index contributed by atoms with van der Waals surface area (Å²) in [5.74, 6) is -1.52. The second kappa shape index (κ2) is 10.5. The number of aryl methyl sites for hydroxylation is 1. The SMILES string of the molecule is CCC(C)C(NC(=O)CC1(c2oc(C)cc(=O)c2O)CCN(C(=O)OC(C)(C)C)CC1)C(N)=O. The lowest BCUT2D eigenvalue weighted by molar-refractivity contribution is -0.129. The Labute approximate surface area is 199 Å². The molecule has 2 heterocycles. The highest BCUT2D eigenvalue weighted by atomic mass is 16.6. The maximum Gasteiger partial charge on any atom is 0.410 e. The molecule has 1 saturated heterocycles. The first-order valence-corrected chi connectivity index (χ1v) is 11.6. The van der Waals surface area contributed by atoms with E-state index in [1.165, 1.54) is 11.0 Å². The van der Waals surface area contributed by atoms with E-state index < -0.39 is 46.1 Å². The fourth-order valence-electron chi connectivity index (χ4n) is 4.15. The average Bonchev–Trinajstić information content (AvgIpc) is 2.73. The predicted octanol–water partition coefficient (Wildman–Crippen LogP) is 2.33. The second-order valence-electron chi connectivity index (χ2n) is 10.2. The second-order valence-corrected chi connectivity index (χ2v) is 10.2. The van der Waals surface area contributed by atoms with Crippen LogP contribution in [0.4, 0.5) is 4.79 Å². The minimum absolute atomic E-state index is 0.00986. The molecule has 3 amide bonds. The molecule has 0 spiro atoms. The first-order chi connectivity index (χ1) is 15.7. The molecule has 1 aliphatic heterocycles. The van der Waals surface area contributed by atoms with Crippen LogP contribution in [0.25, 0.3) is 0 Å². The Morgan fingerprint density at radius 3 is 2.38 bits per heavy atom. The standard InChI is InChI=1S/C24H37N3O7/c1-7-14(2)18(21(25)31)26-17(29)13-24(20-19(30)16(28)12-15(3)33-20)8-10-27(11-9-24)22(32)34-23(4,5)6/h12,14,18,30H,7-11,13H2,1-6H3,(H2,25,31)(H,26,29). The highest BCUT2D eigenvalue weighted by Crippen LogP contribution is 2.42. The number of piperidine rings is 1. The van der Waals surface area contributed by atoms with Crippen molar-refractivity contribution in [1.82, 2.24) is 10.2 Å². The lowest BCUT2D eigenvalue weighted by atomic mass is 9.72. The number of primary amides is 1. The molecule has 1 aliphatic rings. The third-order valence-electron chi connectivity index (χ3n) is 6.23. The van der Waals surface area contributed by atoms with Gasteiger partial charge in [-0.05, 0) is 46.5 Å². The third-order valence-corrected chi connectivity index (χ3v) is 6.23. The van der Waals surface area contributed by atoms with Gasteiger partial charge in [0.1, 0.15) is 17.4 Å². The van der Waals surface area contributed by atoms with Gasteiger partial charge < -0.3 is 30.2 Å². The van der Waals surface area contributed by atoms with Gasteiger partial charge in [-0.3, -0.25) is 14.4 Å². The fourth-order valence-corrected chi connectivity index (χ4v) is 4.15. The number of amides is 3. The third kappa shape index (κ3) is 6.51. The number of hydrogen-bond donors (Lipinski definition) is 3. The molecule has 10 nitrogen and oxygen atoms in total. The van der Waals surface area contributed by atoms with Crippen LogP contribution in [0.5, 0.6) is 5.75 Å². The van der Waals surface area contributed by atoms with E-state index in [2.05, 4.69) is 5.32 Å². The van der Waals surface area contributed by atoms with Gasteiger partial charge in [-0.1, -0.05) is 20.3 Å². The van der Waals surface area contributed by atoms with Crippen molar-refractivity contribution in [3.05, 3.63) is 27.8 Å². The lowest BCUT2D eigenvalue weighted by Crippen LogP contribution is -2.52. The predicted molar refractivity (Wildman–Crippen MR) is 125 cm³/mol. The maximum atomic E-state index is 13.1. The van der Waals surface area contributed by atoms with Crippen LogP contribution >= 0.6 is 0 Å². The summed E-state index contributed by atoms with van der Waals surface area (Å²) < 4.78 is 11.2. The summed E-state index contributed by atoms with van der Waals surface area (Å²) in [7, 11) is 0. The van der Waals surface area contributed by atoms with Gasteiger partial charge >= 0.3 is 6.09 Å². The van der Waals surface area contributed by atoms with Crippen molar-refractivity contribution in [3.8, 4) is 5.75 Å². The van der Waals surface area contributed by atoms with Crippen LogP contribution in [0, 0.1) is 12.8 Å². The highest BCUT2D eigenvalue weighted by molar-refractivity contribution is 5.87. The summed E-state index contributed by atoms with van der Waals surface area (Å²) in [6.07, 6.45) is 0.479. The molecule has 1 fully saturated rings. The van der Waals surface area contributed by atoms with Crippen molar-refractivity contribution in [3.63, 3.8) is 0 Å². The van der Waals surface area contributed by atoms with E-state index in [0.717, 1.165) is 0 Å². The van der Waals surface area contributed by atoms with Crippen molar-refractivity contribution in [1.29, 1.82) is 0 Å². The fraction of sp³-hybridized carbons (Fsp3) is 0.667. The molecule has 1 aromatic heterocycles. The van der Waals surface area contributed by atoms with Gasteiger partial charge in [0.05, 0.1) is 0 Å². The van der Waals surface area contributed by atoms with Crippen molar-refractivity contribution < 1.29 is 28.6 Å². The molecule has 2 unspecified atom stereocenters. The van der Waals surface area contributed by atoms with Crippen molar-refractivity contribution in [2.24, 2.45) is 11.7 Å². The van der Waals surface area contributed by atoms with Gasteiger partial charge in [-0.25, -0.2) is 4.79 Å². The minimum atomic E-state index is -1.06. The largest absolute Gasteiger partial charge is 0.502 e. The van der Waals surface area contributed by atoms with Gasteiger partial charge in [0.2, 0.25) is 23.0 Å². The van der Waals surface area contributed by atoms with Crippen molar-refractivity contribution >= 4 is 17.9 Å². The normalized spacial score (nSPS) is 17.5.